The number of hydrogen-bond acceptors (Lipinski definition) is 5. The highest BCUT2D eigenvalue weighted by Crippen LogP contribution is 2.30. The second kappa shape index (κ2) is 7.11. The van der Waals surface area contributed by atoms with Crippen LogP contribution >= 0.6 is 0 Å². The SMILES string of the molecule is COC(=O)[C@H]1C[C@@H](CC(C)C)CC(=O)N1C(=O)OC(C)(C)C. The molecule has 1 aliphatic rings. The molecule has 6 nitrogen and oxygen atoms in total. The average molecular weight is 313 g/mol. The number of carbonyl (C=O) groups excluding carboxylic acids is 3. The Morgan fingerprint density at radius 1 is 1.32 bits per heavy atom. The van der Waals surface area contributed by atoms with Crippen molar-refractivity contribution < 1.29 is 23.9 Å². The summed E-state index contributed by atoms with van der Waals surface area (Å²) < 4.78 is 10.0. The average Bonchev–Trinajstić information content (AvgIpc) is 2.33. The molecule has 0 aromatic rings. The molecule has 0 aromatic carbocycles. The van der Waals surface area contributed by atoms with E-state index in [1.165, 1.54) is 7.11 Å². The van der Waals surface area contributed by atoms with Gasteiger partial charge in [-0.15, -0.1) is 0 Å². The molecular formula is C16H27NO5. The summed E-state index contributed by atoms with van der Waals surface area (Å²) in [7, 11) is 1.26. The van der Waals surface area contributed by atoms with Crippen LogP contribution in [0, 0.1) is 11.8 Å². The molecule has 6 heteroatoms. The van der Waals surface area contributed by atoms with E-state index in [2.05, 4.69) is 13.8 Å². The van der Waals surface area contributed by atoms with E-state index < -0.39 is 23.7 Å². The number of rotatable bonds is 3. The summed E-state index contributed by atoms with van der Waals surface area (Å²) in [4.78, 5) is 37.5. The number of hydrogen-bond donors (Lipinski definition) is 0. The molecule has 0 bridgehead atoms. The summed E-state index contributed by atoms with van der Waals surface area (Å²) in [5.41, 5.74) is -0.729. The second-order valence-electron chi connectivity index (χ2n) is 7.22. The van der Waals surface area contributed by atoms with E-state index >= 15 is 0 Å². The maximum atomic E-state index is 12.4. The Morgan fingerprint density at radius 2 is 1.91 bits per heavy atom. The molecule has 0 aromatic heterocycles. The van der Waals surface area contributed by atoms with Gasteiger partial charge in [0.05, 0.1) is 7.11 Å². The zero-order valence-corrected chi connectivity index (χ0v) is 14.3. The van der Waals surface area contributed by atoms with Gasteiger partial charge in [0.2, 0.25) is 5.91 Å². The van der Waals surface area contributed by atoms with Crippen LogP contribution in [0.5, 0.6) is 0 Å². The molecule has 2 amide bonds. The molecule has 2 atom stereocenters. The Hall–Kier alpha value is -1.59. The molecule has 0 aliphatic carbocycles. The van der Waals surface area contributed by atoms with Gasteiger partial charge in [0.25, 0.3) is 0 Å². The van der Waals surface area contributed by atoms with Crippen molar-refractivity contribution >= 4 is 18.0 Å². The molecular weight excluding hydrogens is 286 g/mol. The number of piperidine rings is 1. The topological polar surface area (TPSA) is 72.9 Å². The molecule has 0 spiro atoms. The number of ether oxygens (including phenoxy) is 2. The molecule has 0 saturated carbocycles. The first-order valence-electron chi connectivity index (χ1n) is 7.68. The standard InChI is InChI=1S/C16H27NO5/c1-10(2)7-11-8-12(14(19)21-6)17(13(18)9-11)15(20)22-16(3,4)5/h10-12H,7-9H2,1-6H3/t11-,12-/m1/s1. The molecule has 22 heavy (non-hydrogen) atoms. The molecule has 1 fully saturated rings. The molecule has 126 valence electrons. The Kier molecular flexibility index (Phi) is 5.97. The maximum Gasteiger partial charge on any atom is 0.417 e. The van der Waals surface area contributed by atoms with Crippen LogP contribution in [0.4, 0.5) is 4.79 Å². The van der Waals surface area contributed by atoms with Gasteiger partial charge >= 0.3 is 12.1 Å². The normalized spacial score (nSPS) is 22.7. The lowest BCUT2D eigenvalue weighted by Gasteiger charge is -2.37. The number of carbonyl (C=O) groups is 3. The fourth-order valence-electron chi connectivity index (χ4n) is 2.75. The number of amides is 2. The second-order valence-corrected chi connectivity index (χ2v) is 7.22. The first-order valence-corrected chi connectivity index (χ1v) is 7.68. The zero-order valence-electron chi connectivity index (χ0n) is 14.3. The number of imide groups is 1. The largest absolute Gasteiger partial charge is 0.467 e. The summed E-state index contributed by atoms with van der Waals surface area (Å²) >= 11 is 0. The third-order valence-corrected chi connectivity index (χ3v) is 3.47. The first kappa shape index (κ1) is 18.5. The number of methoxy groups -OCH3 is 1. The highest BCUT2D eigenvalue weighted by Gasteiger charge is 2.43. The van der Waals surface area contributed by atoms with Crippen LogP contribution in [-0.2, 0) is 19.1 Å². The van der Waals surface area contributed by atoms with Gasteiger partial charge in [0, 0.05) is 6.42 Å². The van der Waals surface area contributed by atoms with E-state index in [4.69, 9.17) is 9.47 Å². The van der Waals surface area contributed by atoms with Gasteiger partial charge in [-0.05, 0) is 45.4 Å². The first-order chi connectivity index (χ1) is 10.0. The lowest BCUT2D eigenvalue weighted by Crippen LogP contribution is -2.54. The Morgan fingerprint density at radius 3 is 2.36 bits per heavy atom. The van der Waals surface area contributed by atoms with E-state index in [-0.39, 0.29) is 18.2 Å². The molecule has 0 unspecified atom stereocenters. The van der Waals surface area contributed by atoms with Gasteiger partial charge in [-0.25, -0.2) is 14.5 Å². The van der Waals surface area contributed by atoms with Crippen molar-refractivity contribution in [2.24, 2.45) is 11.8 Å². The lowest BCUT2D eigenvalue weighted by molar-refractivity contribution is -0.156. The number of nitrogens with zero attached hydrogens (tertiary/aromatic N) is 1. The van der Waals surface area contributed by atoms with Crippen molar-refractivity contribution in [3.8, 4) is 0 Å². The Balaban J connectivity index is 2.96. The number of esters is 1. The van der Waals surface area contributed by atoms with Crippen LogP contribution in [-0.4, -0.2) is 41.6 Å². The van der Waals surface area contributed by atoms with E-state index in [0.717, 1.165) is 11.3 Å². The molecule has 1 heterocycles. The fraction of sp³-hybridized carbons (Fsp3) is 0.812. The highest BCUT2D eigenvalue weighted by molar-refractivity contribution is 5.98. The molecule has 1 saturated heterocycles. The van der Waals surface area contributed by atoms with Gasteiger partial charge in [-0.1, -0.05) is 13.8 Å². The van der Waals surface area contributed by atoms with Gasteiger partial charge in [0.1, 0.15) is 11.6 Å². The van der Waals surface area contributed by atoms with Crippen LogP contribution in [0.15, 0.2) is 0 Å². The summed E-state index contributed by atoms with van der Waals surface area (Å²) in [5.74, 6) is -0.450. The fourth-order valence-corrected chi connectivity index (χ4v) is 2.75. The number of likely N-dealkylation sites (tertiary alicyclic amines) is 1. The van der Waals surface area contributed by atoms with E-state index in [0.29, 0.717) is 12.3 Å². The minimum Gasteiger partial charge on any atom is -0.467 e. The monoisotopic (exact) mass is 313 g/mol. The third-order valence-electron chi connectivity index (χ3n) is 3.47. The predicted molar refractivity (Wildman–Crippen MR) is 81.1 cm³/mol. The smallest absolute Gasteiger partial charge is 0.417 e. The molecule has 1 rings (SSSR count). The maximum absolute atomic E-state index is 12.4. The minimum absolute atomic E-state index is 0.0790. The quantitative estimate of drug-likeness (QED) is 0.749. The lowest BCUT2D eigenvalue weighted by atomic mass is 9.84. The Bertz CT molecular complexity index is 438. The van der Waals surface area contributed by atoms with Crippen LogP contribution in [0.25, 0.3) is 0 Å². The van der Waals surface area contributed by atoms with Gasteiger partial charge in [-0.3, -0.25) is 4.79 Å². The molecule has 0 radical (unpaired) electrons. The summed E-state index contributed by atoms with van der Waals surface area (Å²) in [6.07, 6.45) is 0.734. The van der Waals surface area contributed by atoms with Crippen molar-refractivity contribution in [2.45, 2.75) is 65.5 Å². The van der Waals surface area contributed by atoms with E-state index in [9.17, 15) is 14.4 Å². The minimum atomic E-state index is -0.898. The summed E-state index contributed by atoms with van der Waals surface area (Å²) in [6, 6.07) is -0.898. The van der Waals surface area contributed by atoms with Crippen molar-refractivity contribution in [1.82, 2.24) is 4.90 Å². The van der Waals surface area contributed by atoms with Crippen LogP contribution in [0.3, 0.4) is 0 Å². The summed E-state index contributed by atoms with van der Waals surface area (Å²) in [6.45, 7) is 9.28. The summed E-state index contributed by atoms with van der Waals surface area (Å²) in [5, 5.41) is 0. The van der Waals surface area contributed by atoms with Crippen molar-refractivity contribution in [3.05, 3.63) is 0 Å². The predicted octanol–water partition coefficient (Wildman–Crippen LogP) is 2.75. The van der Waals surface area contributed by atoms with E-state index in [1.807, 2.05) is 0 Å². The van der Waals surface area contributed by atoms with Crippen LogP contribution in [0.2, 0.25) is 0 Å². The van der Waals surface area contributed by atoms with Crippen molar-refractivity contribution in [3.63, 3.8) is 0 Å². The van der Waals surface area contributed by atoms with Crippen LogP contribution in [0.1, 0.15) is 53.9 Å². The van der Waals surface area contributed by atoms with Crippen molar-refractivity contribution in [2.75, 3.05) is 7.11 Å². The third kappa shape index (κ3) is 5.00. The Labute approximate surface area is 132 Å². The molecule has 1 aliphatic heterocycles. The van der Waals surface area contributed by atoms with Gasteiger partial charge < -0.3 is 9.47 Å². The van der Waals surface area contributed by atoms with Gasteiger partial charge in [-0.2, -0.15) is 0 Å². The van der Waals surface area contributed by atoms with Gasteiger partial charge in [0.15, 0.2) is 0 Å². The van der Waals surface area contributed by atoms with Crippen LogP contribution < -0.4 is 0 Å². The highest BCUT2D eigenvalue weighted by atomic mass is 16.6. The van der Waals surface area contributed by atoms with Crippen molar-refractivity contribution in [1.29, 1.82) is 0 Å². The van der Waals surface area contributed by atoms with E-state index in [1.54, 1.807) is 20.8 Å². The zero-order chi connectivity index (χ0) is 17.1. The molecule has 0 N–H and O–H groups in total.